The maximum atomic E-state index is 13.6. The van der Waals surface area contributed by atoms with Gasteiger partial charge >= 0.3 is 6.18 Å². The number of nitrogens with two attached hydrogens (primary N) is 1. The zero-order chi connectivity index (χ0) is 19.8. The number of thiophene rings is 1. The Morgan fingerprint density at radius 2 is 2.07 bits per heavy atom. The highest BCUT2D eigenvalue weighted by atomic mass is 32.1. The van der Waals surface area contributed by atoms with Gasteiger partial charge in [0.2, 0.25) is 0 Å². The second-order valence-electron chi connectivity index (χ2n) is 5.37. The smallest absolute Gasteiger partial charge is 0.417 e. The van der Waals surface area contributed by atoms with E-state index in [2.05, 4.69) is 9.97 Å². The summed E-state index contributed by atoms with van der Waals surface area (Å²) >= 11 is 0.641. The largest absolute Gasteiger partial charge is 0.548 e. The van der Waals surface area contributed by atoms with E-state index in [9.17, 15) is 27.9 Å². The average Bonchev–Trinajstić information content (AvgIpc) is 2.95. The van der Waals surface area contributed by atoms with Crippen LogP contribution in [0.1, 0.15) is 15.2 Å². The third-order valence-corrected chi connectivity index (χ3v) is 4.66. The van der Waals surface area contributed by atoms with Crippen LogP contribution in [0, 0.1) is 0 Å². The molecule has 11 heteroatoms. The molecule has 3 rings (SSSR count). The first-order valence-electron chi connectivity index (χ1n) is 7.37. The number of hydrogen-bond acceptors (Lipinski definition) is 7. The topological polar surface area (TPSA) is 121 Å². The van der Waals surface area contributed by atoms with Gasteiger partial charge in [0.25, 0.3) is 5.91 Å². The van der Waals surface area contributed by atoms with Gasteiger partial charge in [0.15, 0.2) is 0 Å². The molecule has 0 saturated heterocycles. The molecule has 3 aromatic heterocycles. The van der Waals surface area contributed by atoms with Crippen LogP contribution in [-0.2, 0) is 11.0 Å². The van der Waals surface area contributed by atoms with Crippen molar-refractivity contribution >= 4 is 39.1 Å². The Hall–Kier alpha value is -3.21. The molecule has 0 aliphatic heterocycles. The number of fused-ring (bicyclic) bond motifs is 1. The minimum absolute atomic E-state index is 0.0193. The molecule has 0 saturated carbocycles. The lowest BCUT2D eigenvalue weighted by Gasteiger charge is -2.11. The number of nitrogen functional groups attached to an aromatic ring is 1. The number of hydrogen-bond donors (Lipinski definition) is 2. The van der Waals surface area contributed by atoms with E-state index in [0.29, 0.717) is 16.9 Å². The van der Waals surface area contributed by atoms with Gasteiger partial charge in [0, 0.05) is 23.3 Å². The number of carbonyl (C=O) groups is 2. The van der Waals surface area contributed by atoms with Gasteiger partial charge < -0.3 is 21.0 Å². The van der Waals surface area contributed by atoms with Crippen LogP contribution in [0.3, 0.4) is 0 Å². The predicted molar refractivity (Wildman–Crippen MR) is 89.6 cm³/mol. The van der Waals surface area contributed by atoms with Crippen molar-refractivity contribution in [2.75, 3.05) is 12.3 Å². The fraction of sp³-hybridized carbons (Fsp3) is 0.125. The van der Waals surface area contributed by atoms with Crippen molar-refractivity contribution in [3.05, 3.63) is 41.0 Å². The SMILES string of the molecule is Nc1c(C(=O)NCC(=O)[O-])sc2nc(-c3cccnc3)cc(C(F)(F)F)c12. The van der Waals surface area contributed by atoms with Crippen LogP contribution in [0.4, 0.5) is 18.9 Å². The molecule has 3 N–H and O–H groups in total. The van der Waals surface area contributed by atoms with Crippen molar-refractivity contribution in [2.45, 2.75) is 6.18 Å². The van der Waals surface area contributed by atoms with E-state index in [1.54, 1.807) is 12.1 Å². The van der Waals surface area contributed by atoms with E-state index in [4.69, 9.17) is 5.73 Å². The number of halogens is 3. The number of aliphatic carboxylic acids is 1. The van der Waals surface area contributed by atoms with Crippen LogP contribution >= 0.6 is 11.3 Å². The van der Waals surface area contributed by atoms with Crippen LogP contribution in [0.5, 0.6) is 0 Å². The number of pyridine rings is 2. The summed E-state index contributed by atoms with van der Waals surface area (Å²) in [6.07, 6.45) is -1.92. The molecule has 3 aromatic rings. The molecule has 7 nitrogen and oxygen atoms in total. The molecular formula is C16H10F3N4O3S-. The molecule has 140 valence electrons. The molecule has 0 atom stereocenters. The maximum absolute atomic E-state index is 13.6. The van der Waals surface area contributed by atoms with Crippen LogP contribution in [0.25, 0.3) is 21.5 Å². The van der Waals surface area contributed by atoms with E-state index in [-0.39, 0.29) is 15.4 Å². The highest BCUT2D eigenvalue weighted by Gasteiger charge is 2.36. The Morgan fingerprint density at radius 3 is 2.67 bits per heavy atom. The lowest BCUT2D eigenvalue weighted by Crippen LogP contribution is -2.37. The first-order chi connectivity index (χ1) is 12.7. The number of rotatable bonds is 4. The van der Waals surface area contributed by atoms with Crippen molar-refractivity contribution in [3.8, 4) is 11.3 Å². The zero-order valence-corrected chi connectivity index (χ0v) is 14.1. The number of anilines is 1. The molecule has 0 bridgehead atoms. The summed E-state index contributed by atoms with van der Waals surface area (Å²) < 4.78 is 40.7. The van der Waals surface area contributed by atoms with E-state index in [0.717, 1.165) is 6.07 Å². The summed E-state index contributed by atoms with van der Waals surface area (Å²) in [5, 5.41) is 12.1. The first kappa shape index (κ1) is 18.6. The molecular weight excluding hydrogens is 385 g/mol. The molecule has 0 spiro atoms. The summed E-state index contributed by atoms with van der Waals surface area (Å²) in [7, 11) is 0. The lowest BCUT2D eigenvalue weighted by molar-refractivity contribution is -0.303. The normalized spacial score (nSPS) is 11.5. The predicted octanol–water partition coefficient (Wildman–Crippen LogP) is 1.44. The molecule has 0 aromatic carbocycles. The minimum atomic E-state index is -4.74. The number of carboxylic acids is 1. The highest BCUT2D eigenvalue weighted by molar-refractivity contribution is 7.21. The van der Waals surface area contributed by atoms with Crippen molar-refractivity contribution in [2.24, 2.45) is 0 Å². The van der Waals surface area contributed by atoms with Crippen molar-refractivity contribution in [1.29, 1.82) is 0 Å². The number of amides is 1. The number of carbonyl (C=O) groups excluding carboxylic acids is 2. The van der Waals surface area contributed by atoms with Gasteiger partial charge in [-0.05, 0) is 18.2 Å². The molecule has 27 heavy (non-hydrogen) atoms. The molecule has 0 aliphatic carbocycles. The summed E-state index contributed by atoms with van der Waals surface area (Å²) in [6, 6.07) is 3.94. The second-order valence-corrected chi connectivity index (χ2v) is 6.37. The Morgan fingerprint density at radius 1 is 1.33 bits per heavy atom. The van der Waals surface area contributed by atoms with Crippen LogP contribution < -0.4 is 16.2 Å². The fourth-order valence-corrected chi connectivity index (χ4v) is 3.44. The second kappa shape index (κ2) is 6.83. The molecule has 1 amide bonds. The van der Waals surface area contributed by atoms with Gasteiger partial charge in [-0.25, -0.2) is 4.98 Å². The molecule has 3 heterocycles. The highest BCUT2D eigenvalue weighted by Crippen LogP contribution is 2.43. The van der Waals surface area contributed by atoms with E-state index >= 15 is 0 Å². The standard InChI is InChI=1S/C16H11F3N4O3S/c17-16(18,19)8-4-9(7-2-1-3-21-5-7)23-15-11(8)12(20)13(27-15)14(26)22-6-10(24)25/h1-5H,6,20H2,(H,22,26)(H,24,25)/p-1. The number of alkyl halides is 3. The zero-order valence-electron chi connectivity index (χ0n) is 13.3. The van der Waals surface area contributed by atoms with E-state index in [1.165, 1.54) is 12.4 Å². The first-order valence-corrected chi connectivity index (χ1v) is 8.18. The van der Waals surface area contributed by atoms with E-state index < -0.39 is 41.2 Å². The molecule has 0 unspecified atom stereocenters. The van der Waals surface area contributed by atoms with Crippen molar-refractivity contribution < 1.29 is 27.9 Å². The van der Waals surface area contributed by atoms with Gasteiger partial charge in [-0.3, -0.25) is 9.78 Å². The maximum Gasteiger partial charge on any atom is 0.417 e. The molecule has 0 radical (unpaired) electrons. The number of nitrogens with zero attached hydrogens (tertiary/aromatic N) is 2. The minimum Gasteiger partial charge on any atom is -0.548 e. The van der Waals surface area contributed by atoms with Gasteiger partial charge in [-0.1, -0.05) is 0 Å². The Kier molecular flexibility index (Phi) is 4.70. The monoisotopic (exact) mass is 395 g/mol. The fourth-order valence-electron chi connectivity index (χ4n) is 2.41. The number of nitrogens with one attached hydrogen (secondary N) is 1. The van der Waals surface area contributed by atoms with Crippen LogP contribution in [0.2, 0.25) is 0 Å². The van der Waals surface area contributed by atoms with Crippen molar-refractivity contribution in [3.63, 3.8) is 0 Å². The Balaban J connectivity index is 2.20. The van der Waals surface area contributed by atoms with Gasteiger partial charge in [-0.15, -0.1) is 11.3 Å². The third-order valence-electron chi connectivity index (χ3n) is 3.56. The van der Waals surface area contributed by atoms with Crippen LogP contribution in [0.15, 0.2) is 30.6 Å². The summed E-state index contributed by atoms with van der Waals surface area (Å²) in [4.78, 5) is 30.2. The number of carboxylic acid groups (broad SMARTS) is 1. The van der Waals surface area contributed by atoms with Crippen LogP contribution in [-0.4, -0.2) is 28.4 Å². The summed E-state index contributed by atoms with van der Waals surface area (Å²) in [5.41, 5.74) is 4.69. The van der Waals surface area contributed by atoms with Gasteiger partial charge in [0.05, 0.1) is 29.5 Å². The molecule has 0 aliphatic rings. The lowest BCUT2D eigenvalue weighted by atomic mass is 10.1. The molecule has 0 fully saturated rings. The Labute approximate surface area is 153 Å². The number of aromatic nitrogens is 2. The Bertz CT molecular complexity index is 1030. The summed E-state index contributed by atoms with van der Waals surface area (Å²) in [5.74, 6) is -2.47. The van der Waals surface area contributed by atoms with Gasteiger partial charge in [-0.2, -0.15) is 13.2 Å². The third kappa shape index (κ3) is 3.67. The quantitative estimate of drug-likeness (QED) is 0.690. The summed E-state index contributed by atoms with van der Waals surface area (Å²) in [6.45, 7) is -0.799. The van der Waals surface area contributed by atoms with Crippen molar-refractivity contribution in [1.82, 2.24) is 15.3 Å². The van der Waals surface area contributed by atoms with E-state index in [1.807, 2.05) is 5.32 Å². The van der Waals surface area contributed by atoms with Gasteiger partial charge in [0.1, 0.15) is 9.71 Å². The average molecular weight is 395 g/mol.